The van der Waals surface area contributed by atoms with Crippen molar-refractivity contribution in [3.05, 3.63) is 168 Å². The lowest BCUT2D eigenvalue weighted by molar-refractivity contribution is 0.467. The van der Waals surface area contributed by atoms with Crippen LogP contribution in [0.3, 0.4) is 0 Å². The molecular formula is C40H26N2. The molecule has 0 radical (unpaired) electrons. The van der Waals surface area contributed by atoms with E-state index in [0.29, 0.717) is 5.92 Å². The maximum atomic E-state index is 4.75. The van der Waals surface area contributed by atoms with Gasteiger partial charge in [0.2, 0.25) is 0 Å². The van der Waals surface area contributed by atoms with Crippen molar-refractivity contribution in [2.75, 3.05) is 0 Å². The molecule has 1 spiro atoms. The monoisotopic (exact) mass is 534 g/mol. The Morgan fingerprint density at radius 1 is 0.643 bits per heavy atom. The Morgan fingerprint density at radius 2 is 1.48 bits per heavy atom. The van der Waals surface area contributed by atoms with E-state index in [4.69, 9.17) is 4.98 Å². The van der Waals surface area contributed by atoms with Gasteiger partial charge in [-0.05, 0) is 74.5 Å². The summed E-state index contributed by atoms with van der Waals surface area (Å²) >= 11 is 0. The van der Waals surface area contributed by atoms with Crippen LogP contribution in [0.5, 0.6) is 0 Å². The predicted molar refractivity (Wildman–Crippen MR) is 172 cm³/mol. The molecule has 5 aromatic carbocycles. The normalized spacial score (nSPS) is 21.2. The number of pyridine rings is 1. The van der Waals surface area contributed by atoms with Crippen molar-refractivity contribution in [1.82, 2.24) is 9.55 Å². The van der Waals surface area contributed by atoms with Crippen LogP contribution in [-0.2, 0) is 5.41 Å². The van der Waals surface area contributed by atoms with Gasteiger partial charge in [0.05, 0.1) is 16.4 Å². The van der Waals surface area contributed by atoms with Gasteiger partial charge in [-0.2, -0.15) is 0 Å². The minimum absolute atomic E-state index is 0.275. The van der Waals surface area contributed by atoms with Crippen LogP contribution in [0.1, 0.15) is 28.2 Å². The fourth-order valence-corrected chi connectivity index (χ4v) is 8.64. The standard InChI is InChI=1S/C40H26N2/c1-2-10-26-23-27(18-17-25(26)9-1)42-36-16-8-5-13-32(36)38-37(42)20-19-31-30-21-22-41-24-35(30)40(39(31)38)33-14-6-3-11-28(33)29-12-4-7-15-34(29)40/h1-24,28,33H. The van der Waals surface area contributed by atoms with E-state index in [1.165, 1.54) is 71.6 Å². The minimum atomic E-state index is -0.320. The molecule has 0 aliphatic heterocycles. The zero-order valence-corrected chi connectivity index (χ0v) is 22.9. The second-order valence-corrected chi connectivity index (χ2v) is 11.9. The second kappa shape index (κ2) is 7.96. The molecule has 0 N–H and O–H groups in total. The molecule has 196 valence electrons. The SMILES string of the molecule is C1=CC2c3ccccc3C3(c4cnccc4-c4ccc5c(c43)c3ccccc3n5-c3ccc4ccccc4c3)C2C=C1. The lowest BCUT2D eigenvalue weighted by Gasteiger charge is -2.36. The Morgan fingerprint density at radius 3 is 2.45 bits per heavy atom. The first-order valence-corrected chi connectivity index (χ1v) is 14.8. The van der Waals surface area contributed by atoms with E-state index in [-0.39, 0.29) is 11.3 Å². The average Bonchev–Trinajstić information content (AvgIpc) is 3.66. The number of hydrogen-bond acceptors (Lipinski definition) is 1. The highest BCUT2D eigenvalue weighted by Crippen LogP contribution is 2.66. The summed E-state index contributed by atoms with van der Waals surface area (Å²) in [7, 11) is 0. The third-order valence-electron chi connectivity index (χ3n) is 10.1. The Balaban J connectivity index is 1.40. The molecule has 3 atom stereocenters. The van der Waals surface area contributed by atoms with Crippen LogP contribution >= 0.6 is 0 Å². The number of benzene rings is 5. The molecule has 10 rings (SSSR count). The molecule has 7 aromatic rings. The molecule has 0 amide bonds. The van der Waals surface area contributed by atoms with Crippen LogP contribution in [0.15, 0.2) is 146 Å². The first-order chi connectivity index (χ1) is 20.9. The smallest absolute Gasteiger partial charge is 0.0560 e. The molecular weight excluding hydrogens is 508 g/mol. The van der Waals surface area contributed by atoms with Crippen molar-refractivity contribution in [3.8, 4) is 16.8 Å². The summed E-state index contributed by atoms with van der Waals surface area (Å²) in [6.45, 7) is 0. The van der Waals surface area contributed by atoms with Crippen molar-refractivity contribution in [2.45, 2.75) is 11.3 Å². The second-order valence-electron chi connectivity index (χ2n) is 11.9. The summed E-state index contributed by atoms with van der Waals surface area (Å²) in [4.78, 5) is 4.75. The number of para-hydroxylation sites is 1. The third kappa shape index (κ3) is 2.59. The van der Waals surface area contributed by atoms with E-state index in [0.717, 1.165) is 0 Å². The Hall–Kier alpha value is -5.21. The van der Waals surface area contributed by atoms with Gasteiger partial charge in [0, 0.05) is 40.7 Å². The molecule has 0 saturated carbocycles. The summed E-state index contributed by atoms with van der Waals surface area (Å²) < 4.78 is 2.47. The van der Waals surface area contributed by atoms with Crippen molar-refractivity contribution >= 4 is 32.6 Å². The molecule has 3 aliphatic carbocycles. The van der Waals surface area contributed by atoms with Gasteiger partial charge in [0.15, 0.2) is 0 Å². The highest BCUT2D eigenvalue weighted by atomic mass is 15.0. The van der Waals surface area contributed by atoms with Crippen LogP contribution in [-0.4, -0.2) is 9.55 Å². The largest absolute Gasteiger partial charge is 0.309 e. The zero-order valence-electron chi connectivity index (χ0n) is 22.9. The quantitative estimate of drug-likeness (QED) is 0.205. The minimum Gasteiger partial charge on any atom is -0.309 e. The lowest BCUT2D eigenvalue weighted by Crippen LogP contribution is -2.33. The van der Waals surface area contributed by atoms with Crippen molar-refractivity contribution in [1.29, 1.82) is 0 Å². The number of fused-ring (bicyclic) bond motifs is 15. The number of allylic oxidation sites excluding steroid dienone is 4. The number of nitrogens with zero attached hydrogens (tertiary/aromatic N) is 2. The molecule has 0 fully saturated rings. The van der Waals surface area contributed by atoms with Crippen LogP contribution < -0.4 is 0 Å². The summed E-state index contributed by atoms with van der Waals surface area (Å²) in [5.41, 5.74) is 11.6. The van der Waals surface area contributed by atoms with E-state index in [2.05, 4.69) is 144 Å². The highest BCUT2D eigenvalue weighted by molar-refractivity contribution is 6.15. The zero-order chi connectivity index (χ0) is 27.4. The van der Waals surface area contributed by atoms with E-state index in [9.17, 15) is 0 Å². The highest BCUT2D eigenvalue weighted by Gasteiger charge is 2.58. The molecule has 2 aromatic heterocycles. The van der Waals surface area contributed by atoms with Gasteiger partial charge in [-0.3, -0.25) is 4.98 Å². The van der Waals surface area contributed by atoms with Crippen LogP contribution in [0.25, 0.3) is 49.4 Å². The molecule has 42 heavy (non-hydrogen) atoms. The molecule has 3 unspecified atom stereocenters. The first kappa shape index (κ1) is 22.5. The van der Waals surface area contributed by atoms with Crippen LogP contribution in [0, 0.1) is 5.92 Å². The molecule has 2 heteroatoms. The Kier molecular flexibility index (Phi) is 4.26. The summed E-state index contributed by atoms with van der Waals surface area (Å²) in [6, 6.07) is 40.5. The van der Waals surface area contributed by atoms with Gasteiger partial charge in [-0.25, -0.2) is 0 Å². The molecule has 3 aliphatic rings. The van der Waals surface area contributed by atoms with Gasteiger partial charge in [0.1, 0.15) is 0 Å². The van der Waals surface area contributed by atoms with Gasteiger partial charge in [-0.15, -0.1) is 0 Å². The molecule has 0 bridgehead atoms. The molecule has 0 saturated heterocycles. The van der Waals surface area contributed by atoms with Gasteiger partial charge < -0.3 is 4.57 Å². The topological polar surface area (TPSA) is 17.8 Å². The van der Waals surface area contributed by atoms with Crippen molar-refractivity contribution < 1.29 is 0 Å². The van der Waals surface area contributed by atoms with E-state index < -0.39 is 0 Å². The maximum Gasteiger partial charge on any atom is 0.0560 e. The van der Waals surface area contributed by atoms with Crippen LogP contribution in [0.4, 0.5) is 0 Å². The number of hydrogen-bond donors (Lipinski definition) is 0. The summed E-state index contributed by atoms with van der Waals surface area (Å²) in [5.74, 6) is 0.604. The fraction of sp³-hybridized carbons (Fsp3) is 0.0750. The van der Waals surface area contributed by atoms with Crippen LogP contribution in [0.2, 0.25) is 0 Å². The van der Waals surface area contributed by atoms with Gasteiger partial charge >= 0.3 is 0 Å². The Labute approximate surface area is 243 Å². The van der Waals surface area contributed by atoms with Crippen molar-refractivity contribution in [2.24, 2.45) is 5.92 Å². The van der Waals surface area contributed by atoms with E-state index >= 15 is 0 Å². The summed E-state index contributed by atoms with van der Waals surface area (Å²) in [6.07, 6.45) is 13.4. The Bertz CT molecular complexity index is 2330. The van der Waals surface area contributed by atoms with Gasteiger partial charge in [0.25, 0.3) is 0 Å². The van der Waals surface area contributed by atoms with E-state index in [1.54, 1.807) is 0 Å². The summed E-state index contributed by atoms with van der Waals surface area (Å²) in [5, 5.41) is 5.17. The van der Waals surface area contributed by atoms with E-state index in [1.807, 2.05) is 6.20 Å². The molecule has 2 nitrogen and oxygen atoms in total. The van der Waals surface area contributed by atoms with Crippen molar-refractivity contribution in [3.63, 3.8) is 0 Å². The lowest BCUT2D eigenvalue weighted by atomic mass is 9.65. The molecule has 2 heterocycles. The number of rotatable bonds is 1. The maximum absolute atomic E-state index is 4.75. The third-order valence-corrected chi connectivity index (χ3v) is 10.1. The average molecular weight is 535 g/mol. The fourth-order valence-electron chi connectivity index (χ4n) is 8.64. The number of aromatic nitrogens is 2. The predicted octanol–water partition coefficient (Wildman–Crippen LogP) is 9.49. The van der Waals surface area contributed by atoms with Gasteiger partial charge in [-0.1, -0.05) is 103 Å². The first-order valence-electron chi connectivity index (χ1n) is 14.8.